The number of carbonyl (C=O) groups excluding carboxylic acids is 1. The van der Waals surface area contributed by atoms with Crippen molar-refractivity contribution in [3.63, 3.8) is 0 Å². The maximum atomic E-state index is 13.6. The maximum absolute atomic E-state index is 13.6. The standard InChI is InChI=1S/C17H27FN4O2/c1-21(2)11-17(24)7-3-8-22(12-17)9-6-16(23)20-15-10-13(19)4-5-14(15)18/h4-5,10,24H,3,6-9,11-12,19H2,1-2H3,(H,20,23)/t17-/m1/s1. The predicted molar refractivity (Wildman–Crippen MR) is 93.2 cm³/mol. The molecule has 1 aliphatic rings. The van der Waals surface area contributed by atoms with Crippen LogP contribution < -0.4 is 11.1 Å². The molecular formula is C17H27FN4O2. The Bertz CT molecular complexity index is 582. The number of nitrogens with two attached hydrogens (primary N) is 1. The molecule has 134 valence electrons. The summed E-state index contributed by atoms with van der Waals surface area (Å²) in [6.45, 7) is 2.54. The van der Waals surface area contributed by atoms with E-state index in [2.05, 4.69) is 10.2 Å². The van der Waals surface area contributed by atoms with Crippen LogP contribution >= 0.6 is 0 Å². The number of piperidine rings is 1. The van der Waals surface area contributed by atoms with Crippen LogP contribution in [0.5, 0.6) is 0 Å². The van der Waals surface area contributed by atoms with E-state index >= 15 is 0 Å². The fraction of sp³-hybridized carbons (Fsp3) is 0.588. The van der Waals surface area contributed by atoms with Crippen LogP contribution in [0.2, 0.25) is 0 Å². The second kappa shape index (κ2) is 7.92. The van der Waals surface area contributed by atoms with E-state index < -0.39 is 11.4 Å². The summed E-state index contributed by atoms with van der Waals surface area (Å²) in [5.74, 6) is -0.767. The Morgan fingerprint density at radius 3 is 2.96 bits per heavy atom. The minimum Gasteiger partial charge on any atom is -0.399 e. The first-order chi connectivity index (χ1) is 11.3. The van der Waals surface area contributed by atoms with Crippen LogP contribution in [0.25, 0.3) is 0 Å². The van der Waals surface area contributed by atoms with Crippen LogP contribution in [-0.4, -0.2) is 66.7 Å². The Morgan fingerprint density at radius 2 is 2.25 bits per heavy atom. The highest BCUT2D eigenvalue weighted by Gasteiger charge is 2.33. The fourth-order valence-electron chi connectivity index (χ4n) is 3.23. The number of halogens is 1. The maximum Gasteiger partial charge on any atom is 0.225 e. The quantitative estimate of drug-likeness (QED) is 0.677. The van der Waals surface area contributed by atoms with Gasteiger partial charge in [-0.25, -0.2) is 4.39 Å². The minimum atomic E-state index is -0.738. The Hall–Kier alpha value is -1.70. The Morgan fingerprint density at radius 1 is 1.50 bits per heavy atom. The molecule has 6 nitrogen and oxygen atoms in total. The molecule has 0 unspecified atom stereocenters. The molecule has 1 atom stereocenters. The van der Waals surface area contributed by atoms with Gasteiger partial charge >= 0.3 is 0 Å². The molecule has 1 aromatic rings. The van der Waals surface area contributed by atoms with Crippen LogP contribution in [0.15, 0.2) is 18.2 Å². The van der Waals surface area contributed by atoms with Gasteiger partial charge in [-0.1, -0.05) is 0 Å². The second-order valence-corrected chi connectivity index (χ2v) is 6.88. The number of rotatable bonds is 6. The number of carbonyl (C=O) groups is 1. The molecule has 7 heteroatoms. The highest BCUT2D eigenvalue weighted by molar-refractivity contribution is 5.91. The summed E-state index contributed by atoms with van der Waals surface area (Å²) in [6.07, 6.45) is 1.91. The summed E-state index contributed by atoms with van der Waals surface area (Å²) in [6, 6.07) is 4.09. The third-order valence-corrected chi connectivity index (χ3v) is 4.16. The highest BCUT2D eigenvalue weighted by Crippen LogP contribution is 2.22. The number of nitrogens with zero attached hydrogens (tertiary/aromatic N) is 2. The molecule has 1 aliphatic heterocycles. The summed E-state index contributed by atoms with van der Waals surface area (Å²) in [5.41, 5.74) is 5.37. The molecule has 0 spiro atoms. The second-order valence-electron chi connectivity index (χ2n) is 6.88. The van der Waals surface area contributed by atoms with E-state index in [1.54, 1.807) is 0 Å². The molecule has 2 rings (SSSR count). The van der Waals surface area contributed by atoms with Crippen molar-refractivity contribution in [1.82, 2.24) is 9.80 Å². The molecule has 0 radical (unpaired) electrons. The molecule has 1 heterocycles. The van der Waals surface area contributed by atoms with E-state index in [0.29, 0.717) is 25.3 Å². The SMILES string of the molecule is CN(C)C[C@]1(O)CCCN(CCC(=O)Nc2cc(N)ccc2F)C1. The number of likely N-dealkylation sites (tertiary alicyclic amines) is 1. The summed E-state index contributed by atoms with van der Waals surface area (Å²) in [7, 11) is 3.87. The molecule has 0 aliphatic carbocycles. The minimum absolute atomic E-state index is 0.0998. The lowest BCUT2D eigenvalue weighted by Gasteiger charge is -2.40. The molecule has 1 amide bonds. The van der Waals surface area contributed by atoms with Crippen molar-refractivity contribution >= 4 is 17.3 Å². The van der Waals surface area contributed by atoms with Gasteiger partial charge in [-0.05, 0) is 51.7 Å². The van der Waals surface area contributed by atoms with Crippen molar-refractivity contribution < 1.29 is 14.3 Å². The zero-order chi connectivity index (χ0) is 17.7. The Labute approximate surface area is 142 Å². The van der Waals surface area contributed by atoms with Crippen LogP contribution in [-0.2, 0) is 4.79 Å². The normalized spacial score (nSPS) is 21.9. The van der Waals surface area contributed by atoms with Crippen molar-refractivity contribution in [2.24, 2.45) is 0 Å². The van der Waals surface area contributed by atoms with Gasteiger partial charge in [0.15, 0.2) is 0 Å². The summed E-state index contributed by atoms with van der Waals surface area (Å²) in [5, 5.41) is 13.2. The number of β-amino-alcohol motifs (C(OH)–C–C–N with tert-alkyl or cyclic N) is 1. The predicted octanol–water partition coefficient (Wildman–Crippen LogP) is 1.13. The number of hydrogen-bond donors (Lipinski definition) is 3. The van der Waals surface area contributed by atoms with Crippen molar-refractivity contribution in [1.29, 1.82) is 0 Å². The van der Waals surface area contributed by atoms with Crippen molar-refractivity contribution in [3.8, 4) is 0 Å². The van der Waals surface area contributed by atoms with Crippen molar-refractivity contribution in [3.05, 3.63) is 24.0 Å². The van der Waals surface area contributed by atoms with Gasteiger partial charge in [-0.15, -0.1) is 0 Å². The Balaban J connectivity index is 1.84. The van der Waals surface area contributed by atoms with E-state index in [0.717, 1.165) is 19.4 Å². The van der Waals surface area contributed by atoms with Gasteiger partial charge in [0.25, 0.3) is 0 Å². The average Bonchev–Trinajstić information content (AvgIpc) is 2.48. The molecule has 0 saturated carbocycles. The van der Waals surface area contributed by atoms with Gasteiger partial charge in [0.05, 0.1) is 11.3 Å². The van der Waals surface area contributed by atoms with Crippen LogP contribution in [0, 0.1) is 5.82 Å². The van der Waals surface area contributed by atoms with Crippen molar-refractivity contribution in [2.75, 3.05) is 51.3 Å². The summed E-state index contributed by atoms with van der Waals surface area (Å²) < 4.78 is 13.6. The lowest BCUT2D eigenvalue weighted by atomic mass is 9.92. The van der Waals surface area contributed by atoms with Crippen LogP contribution in [0.1, 0.15) is 19.3 Å². The monoisotopic (exact) mass is 338 g/mol. The largest absolute Gasteiger partial charge is 0.399 e. The first-order valence-corrected chi connectivity index (χ1v) is 8.22. The molecule has 0 aromatic heterocycles. The van der Waals surface area contributed by atoms with Gasteiger partial charge in [-0.2, -0.15) is 0 Å². The number of anilines is 2. The average molecular weight is 338 g/mol. The number of hydrogen-bond acceptors (Lipinski definition) is 5. The number of nitrogen functional groups attached to an aromatic ring is 1. The van der Waals surface area contributed by atoms with Gasteiger partial charge in [0.2, 0.25) is 5.91 Å². The van der Waals surface area contributed by atoms with Crippen LogP contribution in [0.4, 0.5) is 15.8 Å². The number of benzene rings is 1. The number of amides is 1. The summed E-state index contributed by atoms with van der Waals surface area (Å²) in [4.78, 5) is 16.1. The zero-order valence-corrected chi connectivity index (χ0v) is 14.4. The molecule has 4 N–H and O–H groups in total. The zero-order valence-electron chi connectivity index (χ0n) is 14.4. The van der Waals surface area contributed by atoms with Gasteiger partial charge < -0.3 is 21.1 Å². The third-order valence-electron chi connectivity index (χ3n) is 4.16. The van der Waals surface area contributed by atoms with E-state index in [-0.39, 0.29) is 18.0 Å². The number of likely N-dealkylation sites (N-methyl/N-ethyl adjacent to an activating group) is 1. The molecule has 1 aromatic carbocycles. The van der Waals surface area contributed by atoms with E-state index in [1.807, 2.05) is 19.0 Å². The van der Waals surface area contributed by atoms with Gasteiger partial charge in [-0.3, -0.25) is 9.69 Å². The molecule has 0 bridgehead atoms. The van der Waals surface area contributed by atoms with Gasteiger partial charge in [0, 0.05) is 31.7 Å². The number of aliphatic hydroxyl groups is 1. The first-order valence-electron chi connectivity index (χ1n) is 8.22. The van der Waals surface area contributed by atoms with Gasteiger partial charge in [0.1, 0.15) is 5.82 Å². The third kappa shape index (κ3) is 5.43. The fourth-order valence-corrected chi connectivity index (χ4v) is 3.23. The van der Waals surface area contributed by atoms with E-state index in [1.165, 1.54) is 18.2 Å². The lowest BCUT2D eigenvalue weighted by Crippen LogP contribution is -2.53. The van der Waals surface area contributed by atoms with Crippen molar-refractivity contribution in [2.45, 2.75) is 24.9 Å². The smallest absolute Gasteiger partial charge is 0.225 e. The van der Waals surface area contributed by atoms with Crippen LogP contribution in [0.3, 0.4) is 0 Å². The lowest BCUT2D eigenvalue weighted by molar-refractivity contribution is -0.117. The topological polar surface area (TPSA) is 81.8 Å². The highest BCUT2D eigenvalue weighted by atomic mass is 19.1. The van der Waals surface area contributed by atoms with E-state index in [4.69, 9.17) is 5.73 Å². The molecule has 1 saturated heterocycles. The summed E-state index contributed by atoms with van der Waals surface area (Å²) >= 11 is 0. The number of nitrogens with one attached hydrogen (secondary N) is 1. The first kappa shape index (κ1) is 18.6. The van der Waals surface area contributed by atoms with E-state index in [9.17, 15) is 14.3 Å². The Kier molecular flexibility index (Phi) is 6.15. The molecule has 1 fully saturated rings. The molecule has 24 heavy (non-hydrogen) atoms. The molecular weight excluding hydrogens is 311 g/mol.